The van der Waals surface area contributed by atoms with Gasteiger partial charge in [-0.05, 0) is 79.9 Å². The normalized spacial score (nSPS) is 11.8. The Bertz CT molecular complexity index is 1700. The third-order valence-corrected chi connectivity index (χ3v) is 9.41. The highest BCUT2D eigenvalue weighted by Crippen LogP contribution is 2.28. The summed E-state index contributed by atoms with van der Waals surface area (Å²) < 4.78 is 34.9. The molecule has 4 aromatic carbocycles. The Morgan fingerprint density at radius 1 is 0.870 bits per heavy atom. The molecule has 0 radical (unpaired) electrons. The number of amides is 2. The number of carbonyl (C=O) groups is 2. The maximum absolute atomic E-state index is 14.5. The standard InChI is InChI=1S/C36H40ClN3O5S/c1-4-22-38-36(42)34(24-28-11-7-6-8-12-28)39(25-29-13-9-10-27(3)23-29)35(41)26-40(31-16-18-32(19-17-31)45-5-2)46(43,44)33-20-14-30(37)15-21-33/h6-21,23,34H,4-5,22,24-26H2,1-3H3,(H,38,42). The number of nitrogens with zero attached hydrogens (tertiary/aromatic N) is 2. The van der Waals surface area contributed by atoms with Gasteiger partial charge in [0.25, 0.3) is 10.0 Å². The molecule has 4 aromatic rings. The second kappa shape index (κ2) is 16.3. The molecule has 0 fully saturated rings. The van der Waals surface area contributed by atoms with Gasteiger partial charge in [0.05, 0.1) is 17.2 Å². The number of rotatable bonds is 15. The van der Waals surface area contributed by atoms with E-state index in [4.69, 9.17) is 16.3 Å². The highest BCUT2D eigenvalue weighted by molar-refractivity contribution is 7.92. The fraction of sp³-hybridized carbons (Fsp3) is 0.278. The Labute approximate surface area is 277 Å². The van der Waals surface area contributed by atoms with Crippen LogP contribution in [0.1, 0.15) is 37.0 Å². The lowest BCUT2D eigenvalue weighted by Crippen LogP contribution is -2.53. The lowest BCUT2D eigenvalue weighted by atomic mass is 10.0. The molecule has 242 valence electrons. The number of aryl methyl sites for hydroxylation is 1. The van der Waals surface area contributed by atoms with Crippen LogP contribution in [0.2, 0.25) is 5.02 Å². The molecule has 0 heterocycles. The molecule has 0 aliphatic heterocycles. The molecule has 0 spiro atoms. The molecule has 2 amide bonds. The topological polar surface area (TPSA) is 96.0 Å². The van der Waals surface area contributed by atoms with E-state index in [1.165, 1.54) is 29.2 Å². The molecule has 46 heavy (non-hydrogen) atoms. The number of ether oxygens (including phenoxy) is 1. The van der Waals surface area contributed by atoms with Gasteiger partial charge in [0.15, 0.2) is 0 Å². The molecule has 8 nitrogen and oxygen atoms in total. The van der Waals surface area contributed by atoms with Crippen LogP contribution in [0.5, 0.6) is 5.75 Å². The minimum absolute atomic E-state index is 0.0228. The van der Waals surface area contributed by atoms with Crippen LogP contribution in [0.25, 0.3) is 0 Å². The molecular formula is C36H40ClN3O5S. The first-order chi connectivity index (χ1) is 22.1. The van der Waals surface area contributed by atoms with Crippen molar-refractivity contribution in [3.8, 4) is 5.75 Å². The van der Waals surface area contributed by atoms with Crippen molar-refractivity contribution in [2.24, 2.45) is 0 Å². The van der Waals surface area contributed by atoms with Crippen LogP contribution < -0.4 is 14.4 Å². The molecular weight excluding hydrogens is 622 g/mol. The molecule has 4 rings (SSSR count). The van der Waals surface area contributed by atoms with E-state index in [1.54, 1.807) is 24.3 Å². The third-order valence-electron chi connectivity index (χ3n) is 7.37. The van der Waals surface area contributed by atoms with Gasteiger partial charge in [-0.3, -0.25) is 13.9 Å². The summed E-state index contributed by atoms with van der Waals surface area (Å²) in [7, 11) is -4.24. The molecule has 1 N–H and O–H groups in total. The maximum atomic E-state index is 14.5. The second-order valence-corrected chi connectivity index (χ2v) is 13.2. The molecule has 0 bridgehead atoms. The maximum Gasteiger partial charge on any atom is 0.264 e. The summed E-state index contributed by atoms with van der Waals surface area (Å²) in [6.07, 6.45) is 0.974. The van der Waals surface area contributed by atoms with E-state index in [-0.39, 0.29) is 29.5 Å². The Morgan fingerprint density at radius 3 is 2.17 bits per heavy atom. The molecule has 0 aliphatic carbocycles. The van der Waals surface area contributed by atoms with Crippen molar-refractivity contribution < 1.29 is 22.7 Å². The third kappa shape index (κ3) is 9.11. The largest absolute Gasteiger partial charge is 0.494 e. The van der Waals surface area contributed by atoms with Gasteiger partial charge in [0.1, 0.15) is 18.3 Å². The zero-order valence-corrected chi connectivity index (χ0v) is 27.9. The smallest absolute Gasteiger partial charge is 0.264 e. The molecule has 0 saturated carbocycles. The van der Waals surface area contributed by atoms with Crippen LogP contribution >= 0.6 is 11.6 Å². The number of halogens is 1. The van der Waals surface area contributed by atoms with Gasteiger partial charge in [0.2, 0.25) is 11.8 Å². The summed E-state index contributed by atoms with van der Waals surface area (Å²) in [5.41, 5.74) is 2.97. The molecule has 10 heteroatoms. The Balaban J connectivity index is 1.79. The number of sulfonamides is 1. The number of hydrogen-bond donors (Lipinski definition) is 1. The average Bonchev–Trinajstić information content (AvgIpc) is 3.05. The Hall–Kier alpha value is -4.34. The van der Waals surface area contributed by atoms with Crippen molar-refractivity contribution >= 4 is 39.1 Å². The van der Waals surface area contributed by atoms with Crippen molar-refractivity contribution in [1.82, 2.24) is 10.2 Å². The van der Waals surface area contributed by atoms with Gasteiger partial charge in [-0.2, -0.15) is 0 Å². The number of anilines is 1. The monoisotopic (exact) mass is 661 g/mol. The number of carbonyl (C=O) groups excluding carboxylic acids is 2. The number of nitrogens with one attached hydrogen (secondary N) is 1. The predicted octanol–water partition coefficient (Wildman–Crippen LogP) is 6.41. The van der Waals surface area contributed by atoms with E-state index in [1.807, 2.05) is 75.4 Å². The van der Waals surface area contributed by atoms with Crippen molar-refractivity contribution in [3.63, 3.8) is 0 Å². The van der Waals surface area contributed by atoms with Gasteiger partial charge < -0.3 is 15.0 Å². The SMILES string of the molecule is CCCNC(=O)C(Cc1ccccc1)N(Cc1cccc(C)c1)C(=O)CN(c1ccc(OCC)cc1)S(=O)(=O)c1ccc(Cl)cc1. The first-order valence-corrected chi connectivity index (χ1v) is 17.1. The average molecular weight is 662 g/mol. The van der Waals surface area contributed by atoms with Gasteiger partial charge in [-0.1, -0.05) is 78.7 Å². The van der Waals surface area contributed by atoms with E-state index < -0.39 is 28.5 Å². The van der Waals surface area contributed by atoms with E-state index in [0.29, 0.717) is 23.9 Å². The van der Waals surface area contributed by atoms with Crippen LogP contribution in [0.4, 0.5) is 5.69 Å². The lowest BCUT2D eigenvalue weighted by molar-refractivity contribution is -0.140. The summed E-state index contributed by atoms with van der Waals surface area (Å²) in [5.74, 6) is -0.265. The van der Waals surface area contributed by atoms with Crippen LogP contribution in [0.3, 0.4) is 0 Å². The molecule has 1 unspecified atom stereocenters. The second-order valence-electron chi connectivity index (χ2n) is 10.9. The molecule has 0 aromatic heterocycles. The minimum atomic E-state index is -4.24. The van der Waals surface area contributed by atoms with Crippen LogP contribution in [-0.2, 0) is 32.6 Å². The molecule has 0 aliphatic rings. The van der Waals surface area contributed by atoms with Crippen molar-refractivity contribution in [3.05, 3.63) is 125 Å². The minimum Gasteiger partial charge on any atom is -0.494 e. The van der Waals surface area contributed by atoms with Gasteiger partial charge in [-0.15, -0.1) is 0 Å². The Morgan fingerprint density at radius 2 is 1.54 bits per heavy atom. The fourth-order valence-electron chi connectivity index (χ4n) is 5.06. The summed E-state index contributed by atoms with van der Waals surface area (Å²) in [6.45, 7) is 6.22. The van der Waals surface area contributed by atoms with Crippen LogP contribution in [0, 0.1) is 6.92 Å². The van der Waals surface area contributed by atoms with E-state index in [2.05, 4.69) is 5.32 Å². The Kier molecular flexibility index (Phi) is 12.2. The highest BCUT2D eigenvalue weighted by Gasteiger charge is 2.34. The number of hydrogen-bond acceptors (Lipinski definition) is 5. The van der Waals surface area contributed by atoms with E-state index >= 15 is 0 Å². The molecule has 1 atom stereocenters. The van der Waals surface area contributed by atoms with Gasteiger partial charge in [-0.25, -0.2) is 8.42 Å². The summed E-state index contributed by atoms with van der Waals surface area (Å²) in [5, 5.41) is 3.34. The van der Waals surface area contributed by atoms with Crippen LogP contribution in [0.15, 0.2) is 108 Å². The van der Waals surface area contributed by atoms with E-state index in [0.717, 1.165) is 27.4 Å². The quantitative estimate of drug-likeness (QED) is 0.159. The lowest BCUT2D eigenvalue weighted by Gasteiger charge is -2.34. The van der Waals surface area contributed by atoms with Crippen LogP contribution in [-0.4, -0.2) is 50.9 Å². The van der Waals surface area contributed by atoms with Crippen molar-refractivity contribution in [1.29, 1.82) is 0 Å². The first-order valence-electron chi connectivity index (χ1n) is 15.3. The van der Waals surface area contributed by atoms with Gasteiger partial charge >= 0.3 is 0 Å². The summed E-state index contributed by atoms with van der Waals surface area (Å²) in [6, 6.07) is 28.6. The molecule has 0 saturated heterocycles. The number of benzene rings is 4. The van der Waals surface area contributed by atoms with E-state index in [9.17, 15) is 18.0 Å². The van der Waals surface area contributed by atoms with Crippen molar-refractivity contribution in [2.75, 3.05) is 24.0 Å². The fourth-order valence-corrected chi connectivity index (χ4v) is 6.61. The van der Waals surface area contributed by atoms with Gasteiger partial charge in [0, 0.05) is 24.5 Å². The summed E-state index contributed by atoms with van der Waals surface area (Å²) in [4.78, 5) is 29.7. The predicted molar refractivity (Wildman–Crippen MR) is 183 cm³/mol. The zero-order chi connectivity index (χ0) is 33.1. The highest BCUT2D eigenvalue weighted by atomic mass is 35.5. The summed E-state index contributed by atoms with van der Waals surface area (Å²) >= 11 is 6.07. The first kappa shape index (κ1) is 34.5. The van der Waals surface area contributed by atoms with Crippen molar-refractivity contribution in [2.45, 2.75) is 51.1 Å². The zero-order valence-electron chi connectivity index (χ0n) is 26.4.